The van der Waals surface area contributed by atoms with Crippen molar-refractivity contribution in [2.24, 2.45) is 0 Å². The van der Waals surface area contributed by atoms with Crippen molar-refractivity contribution in [1.29, 1.82) is 0 Å². The van der Waals surface area contributed by atoms with Gasteiger partial charge in [-0.2, -0.15) is 0 Å². The molecule has 1 atom stereocenters. The van der Waals surface area contributed by atoms with Crippen molar-refractivity contribution in [3.05, 3.63) is 42.2 Å². The molecule has 0 aliphatic heterocycles. The van der Waals surface area contributed by atoms with Gasteiger partial charge in [0.05, 0.1) is 6.10 Å². The van der Waals surface area contributed by atoms with E-state index in [2.05, 4.69) is 9.97 Å². The number of nitrogens with one attached hydrogen (secondary N) is 1. The summed E-state index contributed by atoms with van der Waals surface area (Å²) in [5.74, 6) is 0. The molecule has 0 aliphatic rings. The van der Waals surface area contributed by atoms with Crippen LogP contribution in [0.5, 0.6) is 0 Å². The molecule has 1 aromatic carbocycles. The minimum Gasteiger partial charge on any atom is -0.388 e. The van der Waals surface area contributed by atoms with Crippen LogP contribution in [0.25, 0.3) is 0 Å². The summed E-state index contributed by atoms with van der Waals surface area (Å²) in [7, 11) is 0. The maximum Gasteiger partial charge on any atom is 0.170 e. The van der Waals surface area contributed by atoms with Crippen LogP contribution < -0.4 is 0 Å². The zero-order valence-electron chi connectivity index (χ0n) is 9.05. The van der Waals surface area contributed by atoms with Crippen molar-refractivity contribution < 1.29 is 5.11 Å². The Hall–Kier alpha value is -1.26. The normalized spacial score (nSPS) is 12.6. The molecular weight excluding hydrogens is 220 g/mol. The molecular formula is C12H14N2OS. The molecule has 3 nitrogen and oxygen atoms in total. The second kappa shape index (κ2) is 5.18. The fourth-order valence-corrected chi connectivity index (χ4v) is 2.15. The SMILES string of the molecule is CC[C@@H](O)c1ccc(Sc2ncc[nH]2)cc1. The van der Waals surface area contributed by atoms with E-state index < -0.39 is 0 Å². The van der Waals surface area contributed by atoms with Crippen LogP contribution in [-0.4, -0.2) is 15.1 Å². The van der Waals surface area contributed by atoms with E-state index in [9.17, 15) is 5.11 Å². The first-order valence-corrected chi connectivity index (χ1v) is 6.06. The summed E-state index contributed by atoms with van der Waals surface area (Å²) in [6, 6.07) is 7.92. The lowest BCUT2D eigenvalue weighted by Gasteiger charge is -2.08. The van der Waals surface area contributed by atoms with Crippen LogP contribution in [0.2, 0.25) is 0 Å². The van der Waals surface area contributed by atoms with E-state index in [-0.39, 0.29) is 6.10 Å². The summed E-state index contributed by atoms with van der Waals surface area (Å²) in [4.78, 5) is 8.29. The zero-order valence-corrected chi connectivity index (χ0v) is 9.87. The van der Waals surface area contributed by atoms with Crippen LogP contribution in [0, 0.1) is 0 Å². The Balaban J connectivity index is 2.07. The fraction of sp³-hybridized carbons (Fsp3) is 0.250. The summed E-state index contributed by atoms with van der Waals surface area (Å²) >= 11 is 1.57. The molecule has 0 bridgehead atoms. The fourth-order valence-electron chi connectivity index (χ4n) is 1.41. The number of hydrogen-bond donors (Lipinski definition) is 2. The Kier molecular flexibility index (Phi) is 3.64. The van der Waals surface area contributed by atoms with Gasteiger partial charge < -0.3 is 10.1 Å². The monoisotopic (exact) mass is 234 g/mol. The molecule has 2 N–H and O–H groups in total. The molecule has 0 saturated carbocycles. The summed E-state index contributed by atoms with van der Waals surface area (Å²) < 4.78 is 0. The van der Waals surface area contributed by atoms with Crippen molar-refractivity contribution >= 4 is 11.8 Å². The third-order valence-corrected chi connectivity index (χ3v) is 3.26. The van der Waals surface area contributed by atoms with Gasteiger partial charge in [0.2, 0.25) is 0 Å². The summed E-state index contributed by atoms with van der Waals surface area (Å²) in [5, 5.41) is 10.5. The molecule has 0 amide bonds. The van der Waals surface area contributed by atoms with E-state index in [0.717, 1.165) is 22.0 Å². The smallest absolute Gasteiger partial charge is 0.170 e. The predicted octanol–water partition coefficient (Wildman–Crippen LogP) is 3.00. The summed E-state index contributed by atoms with van der Waals surface area (Å²) in [6.45, 7) is 1.97. The molecule has 0 saturated heterocycles. The molecule has 84 valence electrons. The first-order valence-electron chi connectivity index (χ1n) is 5.25. The number of aromatic nitrogens is 2. The minimum absolute atomic E-state index is 0.359. The highest BCUT2D eigenvalue weighted by atomic mass is 32.2. The van der Waals surface area contributed by atoms with E-state index in [1.807, 2.05) is 31.2 Å². The lowest BCUT2D eigenvalue weighted by Crippen LogP contribution is -1.94. The molecule has 0 unspecified atom stereocenters. The number of aliphatic hydroxyl groups is 1. The van der Waals surface area contributed by atoms with Crippen LogP contribution in [0.4, 0.5) is 0 Å². The molecule has 0 radical (unpaired) electrons. The number of aromatic amines is 1. The second-order valence-corrected chi connectivity index (χ2v) is 4.55. The molecule has 2 aromatic rings. The first kappa shape index (κ1) is 11.2. The maximum absolute atomic E-state index is 9.65. The lowest BCUT2D eigenvalue weighted by molar-refractivity contribution is 0.173. The van der Waals surface area contributed by atoms with E-state index in [4.69, 9.17) is 0 Å². The third-order valence-electron chi connectivity index (χ3n) is 2.34. The molecule has 1 aromatic heterocycles. The van der Waals surface area contributed by atoms with Gasteiger partial charge in [0.15, 0.2) is 5.16 Å². The minimum atomic E-state index is -0.359. The third kappa shape index (κ3) is 2.65. The van der Waals surface area contributed by atoms with Crippen LogP contribution in [0.15, 0.2) is 46.7 Å². The number of nitrogens with zero attached hydrogens (tertiary/aromatic N) is 1. The van der Waals surface area contributed by atoms with Crippen molar-refractivity contribution in [2.45, 2.75) is 29.5 Å². The van der Waals surface area contributed by atoms with Gasteiger partial charge in [-0.25, -0.2) is 4.98 Å². The number of benzene rings is 1. The Labute approximate surface area is 98.9 Å². The molecule has 0 spiro atoms. The average molecular weight is 234 g/mol. The first-order chi connectivity index (χ1) is 7.79. The van der Waals surface area contributed by atoms with Gasteiger partial charge in [-0.1, -0.05) is 30.8 Å². The van der Waals surface area contributed by atoms with Crippen LogP contribution in [0.1, 0.15) is 25.0 Å². The van der Waals surface area contributed by atoms with E-state index in [1.165, 1.54) is 0 Å². The van der Waals surface area contributed by atoms with Crippen LogP contribution >= 0.6 is 11.8 Å². The van der Waals surface area contributed by atoms with Crippen LogP contribution in [0.3, 0.4) is 0 Å². The van der Waals surface area contributed by atoms with Crippen molar-refractivity contribution in [1.82, 2.24) is 9.97 Å². The summed E-state index contributed by atoms with van der Waals surface area (Å²) in [6.07, 6.45) is 3.92. The van der Waals surface area contributed by atoms with Gasteiger partial charge in [-0.3, -0.25) is 0 Å². The topological polar surface area (TPSA) is 48.9 Å². The van der Waals surface area contributed by atoms with E-state index >= 15 is 0 Å². The maximum atomic E-state index is 9.65. The molecule has 1 heterocycles. The molecule has 0 fully saturated rings. The van der Waals surface area contributed by atoms with Gasteiger partial charge >= 0.3 is 0 Å². The van der Waals surface area contributed by atoms with Crippen molar-refractivity contribution in [3.8, 4) is 0 Å². The number of aliphatic hydroxyl groups excluding tert-OH is 1. The highest BCUT2D eigenvalue weighted by Crippen LogP contribution is 2.26. The molecule has 2 rings (SSSR count). The lowest BCUT2D eigenvalue weighted by atomic mass is 10.1. The zero-order chi connectivity index (χ0) is 11.4. The van der Waals surface area contributed by atoms with Gasteiger partial charge in [-0.15, -0.1) is 0 Å². The van der Waals surface area contributed by atoms with E-state index in [0.29, 0.717) is 0 Å². The highest BCUT2D eigenvalue weighted by molar-refractivity contribution is 7.99. The van der Waals surface area contributed by atoms with Crippen molar-refractivity contribution in [2.75, 3.05) is 0 Å². The number of rotatable bonds is 4. The van der Waals surface area contributed by atoms with Gasteiger partial charge in [-0.05, 0) is 24.1 Å². The average Bonchev–Trinajstić information content (AvgIpc) is 2.82. The van der Waals surface area contributed by atoms with Crippen molar-refractivity contribution in [3.63, 3.8) is 0 Å². The van der Waals surface area contributed by atoms with E-state index in [1.54, 1.807) is 24.2 Å². The molecule has 16 heavy (non-hydrogen) atoms. The second-order valence-electron chi connectivity index (χ2n) is 3.49. The largest absolute Gasteiger partial charge is 0.388 e. The molecule has 4 heteroatoms. The number of hydrogen-bond acceptors (Lipinski definition) is 3. The Bertz CT molecular complexity index is 425. The van der Waals surface area contributed by atoms with Crippen LogP contribution in [-0.2, 0) is 0 Å². The number of H-pyrrole nitrogens is 1. The predicted molar refractivity (Wildman–Crippen MR) is 64.4 cm³/mol. The Morgan fingerprint density at radius 2 is 2.12 bits per heavy atom. The number of imidazole rings is 1. The standard InChI is InChI=1S/C12H14N2OS/c1-2-11(15)9-3-5-10(6-4-9)16-12-13-7-8-14-12/h3-8,11,15H,2H2,1H3,(H,13,14)/t11-/m1/s1. The van der Waals surface area contributed by atoms with Gasteiger partial charge in [0.25, 0.3) is 0 Å². The Morgan fingerprint density at radius 1 is 1.38 bits per heavy atom. The van der Waals surface area contributed by atoms with Gasteiger partial charge in [0.1, 0.15) is 0 Å². The summed E-state index contributed by atoms with van der Waals surface area (Å²) in [5.41, 5.74) is 0.964. The quantitative estimate of drug-likeness (QED) is 0.855. The highest BCUT2D eigenvalue weighted by Gasteiger charge is 2.05. The van der Waals surface area contributed by atoms with Gasteiger partial charge in [0, 0.05) is 17.3 Å². The molecule has 0 aliphatic carbocycles. The Morgan fingerprint density at radius 3 is 2.69 bits per heavy atom.